The van der Waals surface area contributed by atoms with Gasteiger partial charge in [0.25, 0.3) is 0 Å². The Morgan fingerprint density at radius 1 is 1.15 bits per heavy atom. The third-order valence-corrected chi connectivity index (χ3v) is 3.54. The summed E-state index contributed by atoms with van der Waals surface area (Å²) >= 11 is 3.81. The quantitative estimate of drug-likeness (QED) is 0.379. The van der Waals surface area contributed by atoms with Gasteiger partial charge in [-0.3, -0.25) is 9.59 Å². The van der Waals surface area contributed by atoms with Crippen molar-refractivity contribution in [1.82, 2.24) is 16.0 Å². The van der Waals surface area contributed by atoms with Crippen LogP contribution >= 0.6 is 12.6 Å². The van der Waals surface area contributed by atoms with E-state index in [-0.39, 0.29) is 12.4 Å². The average molecular weight is 383 g/mol. The van der Waals surface area contributed by atoms with Crippen molar-refractivity contribution in [3.8, 4) is 0 Å². The lowest BCUT2D eigenvalue weighted by Crippen LogP contribution is -2.50. The highest BCUT2D eigenvalue weighted by Crippen LogP contribution is 2.00. The molecule has 4 N–H and O–H groups in total. The summed E-state index contributed by atoms with van der Waals surface area (Å²) < 4.78 is 4.98. The first-order valence-electron chi connectivity index (χ1n) is 7.71. The Labute approximate surface area is 155 Å². The molecule has 0 aliphatic carbocycles. The van der Waals surface area contributed by atoms with Gasteiger partial charge in [0.15, 0.2) is 0 Å². The zero-order valence-corrected chi connectivity index (χ0v) is 15.0. The number of carbonyl (C=O) groups is 4. The molecule has 0 aliphatic heterocycles. The molecule has 0 radical (unpaired) electrons. The summed E-state index contributed by atoms with van der Waals surface area (Å²) in [7, 11) is 0. The molecule has 9 nitrogen and oxygen atoms in total. The summed E-state index contributed by atoms with van der Waals surface area (Å²) in [6.07, 6.45) is -0.776. The van der Waals surface area contributed by atoms with Gasteiger partial charge < -0.3 is 25.8 Å². The highest BCUT2D eigenvalue weighted by molar-refractivity contribution is 7.80. The van der Waals surface area contributed by atoms with Gasteiger partial charge in [0, 0.05) is 5.75 Å². The average Bonchev–Trinajstić information content (AvgIpc) is 2.62. The number of alkyl carbamates (subject to hydrolysis) is 1. The van der Waals surface area contributed by atoms with Crippen molar-refractivity contribution in [3.63, 3.8) is 0 Å². The van der Waals surface area contributed by atoms with Crippen LogP contribution in [0, 0.1) is 0 Å². The van der Waals surface area contributed by atoms with Crippen LogP contribution < -0.4 is 16.0 Å². The molecular formula is C16H21N3O6S. The van der Waals surface area contributed by atoms with Crippen LogP contribution in [0.5, 0.6) is 0 Å². The van der Waals surface area contributed by atoms with Crippen molar-refractivity contribution in [2.45, 2.75) is 25.6 Å². The number of thiol groups is 1. The van der Waals surface area contributed by atoms with Gasteiger partial charge in [-0.25, -0.2) is 9.59 Å². The van der Waals surface area contributed by atoms with Gasteiger partial charge in [-0.05, 0) is 12.5 Å². The number of benzene rings is 1. The van der Waals surface area contributed by atoms with Crippen LogP contribution in [0.2, 0.25) is 0 Å². The number of aliphatic carboxylic acids is 1. The Morgan fingerprint density at radius 3 is 2.38 bits per heavy atom. The Balaban J connectivity index is 2.32. The van der Waals surface area contributed by atoms with E-state index in [4.69, 9.17) is 9.84 Å². The number of carbonyl (C=O) groups excluding carboxylic acids is 3. The van der Waals surface area contributed by atoms with Gasteiger partial charge in [0.05, 0.1) is 6.54 Å². The summed E-state index contributed by atoms with van der Waals surface area (Å²) in [6.45, 7) is 1.05. The molecule has 26 heavy (non-hydrogen) atoms. The number of hydrogen-bond donors (Lipinski definition) is 5. The fourth-order valence-corrected chi connectivity index (χ4v) is 2.01. The molecule has 1 rings (SSSR count). The van der Waals surface area contributed by atoms with Crippen LogP contribution in [-0.2, 0) is 25.7 Å². The second-order valence-corrected chi connectivity index (χ2v) is 5.65. The molecule has 0 bridgehead atoms. The molecule has 142 valence electrons. The molecule has 0 unspecified atom stereocenters. The number of rotatable bonds is 9. The first-order chi connectivity index (χ1) is 12.3. The molecule has 10 heteroatoms. The lowest BCUT2D eigenvalue weighted by molar-refractivity contribution is -0.141. The standard InChI is InChI=1S/C16H21N3O6S/c1-10(18-16(24)25-8-11-5-3-2-4-6-11)14(21)17-7-13(20)19-12(9-26)15(22)23/h2-6,10,12,26H,7-9H2,1H3,(H,17,21)(H,18,24)(H,19,20)(H,22,23)/t10-,12-/m0/s1. The highest BCUT2D eigenvalue weighted by atomic mass is 32.1. The molecule has 0 heterocycles. The zero-order chi connectivity index (χ0) is 19.5. The topological polar surface area (TPSA) is 134 Å². The molecule has 2 atom stereocenters. The minimum Gasteiger partial charge on any atom is -0.480 e. The largest absolute Gasteiger partial charge is 0.480 e. The second-order valence-electron chi connectivity index (χ2n) is 5.29. The normalized spacial score (nSPS) is 12.4. The van der Waals surface area contributed by atoms with Crippen LogP contribution in [0.4, 0.5) is 4.79 Å². The van der Waals surface area contributed by atoms with E-state index in [1.165, 1.54) is 6.92 Å². The van der Waals surface area contributed by atoms with E-state index >= 15 is 0 Å². The predicted octanol–water partition coefficient (Wildman–Crippen LogP) is -0.0833. The van der Waals surface area contributed by atoms with Gasteiger partial charge >= 0.3 is 12.1 Å². The number of ether oxygens (including phenoxy) is 1. The lowest BCUT2D eigenvalue weighted by atomic mass is 10.2. The second kappa shape index (κ2) is 11.0. The van der Waals surface area contributed by atoms with Gasteiger partial charge in [0.2, 0.25) is 11.8 Å². The number of carboxylic acids is 1. The summed E-state index contributed by atoms with van der Waals surface area (Å²) in [6, 6.07) is 6.94. The first-order valence-corrected chi connectivity index (χ1v) is 8.34. The van der Waals surface area contributed by atoms with Gasteiger partial charge in [-0.15, -0.1) is 0 Å². The Bertz CT molecular complexity index is 640. The third kappa shape index (κ3) is 7.88. The minimum atomic E-state index is -1.23. The molecule has 0 saturated carbocycles. The van der Waals surface area contributed by atoms with Crippen molar-refractivity contribution < 1.29 is 29.0 Å². The first kappa shape index (κ1) is 21.3. The SMILES string of the molecule is C[C@H](NC(=O)OCc1ccccc1)C(=O)NCC(=O)N[C@@H](CS)C(=O)O. The van der Waals surface area contributed by atoms with Crippen LogP contribution in [-0.4, -0.2) is 53.4 Å². The zero-order valence-electron chi connectivity index (χ0n) is 14.1. The van der Waals surface area contributed by atoms with Crippen molar-refractivity contribution in [2.24, 2.45) is 0 Å². The summed E-state index contributed by atoms with van der Waals surface area (Å²) in [4.78, 5) is 45.9. The van der Waals surface area contributed by atoms with E-state index in [1.54, 1.807) is 24.3 Å². The number of amides is 3. The van der Waals surface area contributed by atoms with Crippen LogP contribution in [0.25, 0.3) is 0 Å². The van der Waals surface area contributed by atoms with Crippen LogP contribution in [0.15, 0.2) is 30.3 Å². The maximum Gasteiger partial charge on any atom is 0.408 e. The van der Waals surface area contributed by atoms with Crippen molar-refractivity contribution in [1.29, 1.82) is 0 Å². The molecule has 1 aromatic rings. The summed E-state index contributed by atoms with van der Waals surface area (Å²) in [5.74, 6) is -2.61. The van der Waals surface area contributed by atoms with E-state index in [1.807, 2.05) is 6.07 Å². The molecule has 0 fully saturated rings. The predicted molar refractivity (Wildman–Crippen MR) is 95.7 cm³/mol. The third-order valence-electron chi connectivity index (χ3n) is 3.18. The molecule has 0 aliphatic rings. The fourth-order valence-electron chi connectivity index (χ4n) is 1.76. The van der Waals surface area contributed by atoms with E-state index in [0.29, 0.717) is 0 Å². The monoisotopic (exact) mass is 383 g/mol. The maximum atomic E-state index is 11.9. The summed E-state index contributed by atoms with van der Waals surface area (Å²) in [5, 5.41) is 15.6. The molecule has 3 amide bonds. The van der Waals surface area contributed by atoms with E-state index in [9.17, 15) is 19.2 Å². The van der Waals surface area contributed by atoms with Gasteiger partial charge in [0.1, 0.15) is 18.7 Å². The minimum absolute atomic E-state index is 0.0592. The van der Waals surface area contributed by atoms with Crippen molar-refractivity contribution in [2.75, 3.05) is 12.3 Å². The van der Waals surface area contributed by atoms with Crippen LogP contribution in [0.1, 0.15) is 12.5 Å². The molecule has 0 aromatic heterocycles. The smallest absolute Gasteiger partial charge is 0.408 e. The molecular weight excluding hydrogens is 362 g/mol. The van der Waals surface area contributed by atoms with Crippen LogP contribution in [0.3, 0.4) is 0 Å². The number of carboxylic acid groups (broad SMARTS) is 1. The Morgan fingerprint density at radius 2 is 1.81 bits per heavy atom. The molecule has 0 spiro atoms. The maximum absolute atomic E-state index is 11.9. The Hall–Kier alpha value is -2.75. The number of nitrogens with one attached hydrogen (secondary N) is 3. The molecule has 1 aromatic carbocycles. The fraction of sp³-hybridized carbons (Fsp3) is 0.375. The van der Waals surface area contributed by atoms with E-state index in [2.05, 4.69) is 28.6 Å². The van der Waals surface area contributed by atoms with Crippen molar-refractivity contribution in [3.05, 3.63) is 35.9 Å². The van der Waals surface area contributed by atoms with E-state index in [0.717, 1.165) is 5.56 Å². The van der Waals surface area contributed by atoms with Gasteiger partial charge in [-0.2, -0.15) is 12.6 Å². The summed E-state index contributed by atoms with van der Waals surface area (Å²) in [5.41, 5.74) is 0.800. The van der Waals surface area contributed by atoms with E-state index < -0.39 is 42.5 Å². The van der Waals surface area contributed by atoms with Crippen molar-refractivity contribution >= 4 is 36.5 Å². The Kier molecular flexibility index (Phi) is 8.99. The van der Waals surface area contributed by atoms with Gasteiger partial charge in [-0.1, -0.05) is 30.3 Å². The molecule has 0 saturated heterocycles. The highest BCUT2D eigenvalue weighted by Gasteiger charge is 2.20. The number of hydrogen-bond acceptors (Lipinski definition) is 6. The lowest BCUT2D eigenvalue weighted by Gasteiger charge is -2.15.